The number of rotatable bonds is 4. The monoisotopic (exact) mass is 226 g/mol. The molecule has 1 amide bonds. The number of hydrogen-bond donors (Lipinski definition) is 2. The second-order valence-electron chi connectivity index (χ2n) is 5.42. The van der Waals surface area contributed by atoms with Crippen LogP contribution in [0.25, 0.3) is 0 Å². The molecule has 0 aromatic rings. The van der Waals surface area contributed by atoms with Crippen molar-refractivity contribution in [2.45, 2.75) is 44.8 Å². The molecule has 0 radical (unpaired) electrons. The maximum Gasteiger partial charge on any atom is 0.246 e. The highest BCUT2D eigenvalue weighted by molar-refractivity contribution is 5.77. The van der Waals surface area contributed by atoms with E-state index in [9.17, 15) is 4.79 Å². The number of carbonyl (C=O) groups excluding carboxylic acids is 1. The molecule has 2 rings (SSSR count). The first-order chi connectivity index (χ1) is 7.59. The fourth-order valence-electron chi connectivity index (χ4n) is 2.43. The zero-order valence-corrected chi connectivity index (χ0v) is 10.2. The van der Waals surface area contributed by atoms with Crippen LogP contribution >= 0.6 is 0 Å². The van der Waals surface area contributed by atoms with Crippen LogP contribution in [-0.2, 0) is 9.53 Å². The van der Waals surface area contributed by atoms with Crippen molar-refractivity contribution in [1.82, 2.24) is 10.6 Å². The van der Waals surface area contributed by atoms with Gasteiger partial charge in [-0.25, -0.2) is 0 Å². The molecule has 4 nitrogen and oxygen atoms in total. The first-order valence-corrected chi connectivity index (χ1v) is 6.23. The average molecular weight is 226 g/mol. The Kier molecular flexibility index (Phi) is 3.50. The molecule has 1 saturated heterocycles. The lowest BCUT2D eigenvalue weighted by Gasteiger charge is -2.38. The summed E-state index contributed by atoms with van der Waals surface area (Å²) in [6.07, 6.45) is 3.58. The predicted octanol–water partition coefficient (Wildman–Crippen LogP) is 0.670. The summed E-state index contributed by atoms with van der Waals surface area (Å²) in [6, 6.07) is 0.364. The first-order valence-electron chi connectivity index (χ1n) is 6.23. The quantitative estimate of drug-likeness (QED) is 0.741. The van der Waals surface area contributed by atoms with Gasteiger partial charge in [-0.05, 0) is 25.7 Å². The van der Waals surface area contributed by atoms with Crippen molar-refractivity contribution in [2.24, 2.45) is 5.92 Å². The molecule has 92 valence electrons. The maximum absolute atomic E-state index is 11.7. The van der Waals surface area contributed by atoms with Crippen LogP contribution in [0.15, 0.2) is 0 Å². The van der Waals surface area contributed by atoms with E-state index < -0.39 is 0 Å². The molecule has 4 heteroatoms. The summed E-state index contributed by atoms with van der Waals surface area (Å²) >= 11 is 0. The fourth-order valence-corrected chi connectivity index (χ4v) is 2.43. The smallest absolute Gasteiger partial charge is 0.246 e. The highest BCUT2D eigenvalue weighted by Crippen LogP contribution is 2.24. The third kappa shape index (κ3) is 2.74. The molecule has 0 aromatic heterocycles. The van der Waals surface area contributed by atoms with Gasteiger partial charge in [-0.1, -0.05) is 13.3 Å². The minimum absolute atomic E-state index is 0.0341. The minimum atomic E-state index is -0.126. The predicted molar refractivity (Wildman–Crippen MR) is 62.2 cm³/mol. The number of amides is 1. The van der Waals surface area contributed by atoms with E-state index in [2.05, 4.69) is 17.6 Å². The maximum atomic E-state index is 11.7. The molecule has 2 aliphatic rings. The van der Waals surface area contributed by atoms with E-state index in [4.69, 9.17) is 4.74 Å². The van der Waals surface area contributed by atoms with Gasteiger partial charge in [-0.2, -0.15) is 0 Å². The molecule has 1 aliphatic carbocycles. The second kappa shape index (κ2) is 4.72. The van der Waals surface area contributed by atoms with Crippen LogP contribution < -0.4 is 10.6 Å². The molecule has 0 aromatic carbocycles. The summed E-state index contributed by atoms with van der Waals surface area (Å²) < 4.78 is 5.60. The standard InChI is InChI=1S/C12H22N2O2/c1-9-4-3-5-10(9)14-11(15)6-16-12(2)7-13-8-12/h9-10,13H,3-8H2,1-2H3,(H,14,15). The summed E-state index contributed by atoms with van der Waals surface area (Å²) in [7, 11) is 0. The van der Waals surface area contributed by atoms with Gasteiger partial charge in [-0.3, -0.25) is 4.79 Å². The minimum Gasteiger partial charge on any atom is -0.363 e. The number of nitrogens with one attached hydrogen (secondary N) is 2. The van der Waals surface area contributed by atoms with E-state index in [0.29, 0.717) is 12.0 Å². The summed E-state index contributed by atoms with van der Waals surface area (Å²) in [6.45, 7) is 6.13. The van der Waals surface area contributed by atoms with Crippen molar-refractivity contribution >= 4 is 5.91 Å². The lowest BCUT2D eigenvalue weighted by Crippen LogP contribution is -2.59. The third-order valence-corrected chi connectivity index (χ3v) is 3.76. The van der Waals surface area contributed by atoms with E-state index in [1.54, 1.807) is 0 Å². The molecule has 1 aliphatic heterocycles. The molecule has 1 heterocycles. The zero-order valence-electron chi connectivity index (χ0n) is 10.2. The molecule has 2 atom stereocenters. The van der Waals surface area contributed by atoms with E-state index in [1.807, 2.05) is 6.92 Å². The third-order valence-electron chi connectivity index (χ3n) is 3.76. The van der Waals surface area contributed by atoms with Gasteiger partial charge < -0.3 is 15.4 Å². The topological polar surface area (TPSA) is 50.4 Å². The number of ether oxygens (including phenoxy) is 1. The Morgan fingerprint density at radius 3 is 2.75 bits per heavy atom. The number of carbonyl (C=O) groups is 1. The lowest BCUT2D eigenvalue weighted by atomic mass is 10.0. The van der Waals surface area contributed by atoms with Gasteiger partial charge >= 0.3 is 0 Å². The SMILES string of the molecule is CC1CCCC1NC(=O)COC1(C)CNC1. The lowest BCUT2D eigenvalue weighted by molar-refractivity contribution is -0.136. The first kappa shape index (κ1) is 11.9. The molecule has 2 N–H and O–H groups in total. The molecule has 2 unspecified atom stereocenters. The largest absolute Gasteiger partial charge is 0.363 e. The molecular weight excluding hydrogens is 204 g/mol. The van der Waals surface area contributed by atoms with Crippen molar-refractivity contribution in [3.8, 4) is 0 Å². The Bertz CT molecular complexity index is 264. The van der Waals surface area contributed by atoms with Crippen LogP contribution in [0.4, 0.5) is 0 Å². The van der Waals surface area contributed by atoms with E-state index in [-0.39, 0.29) is 18.1 Å². The Hall–Kier alpha value is -0.610. The Morgan fingerprint density at radius 1 is 1.50 bits per heavy atom. The van der Waals surface area contributed by atoms with Crippen LogP contribution in [0.3, 0.4) is 0 Å². The van der Waals surface area contributed by atoms with Crippen LogP contribution in [0.5, 0.6) is 0 Å². The van der Waals surface area contributed by atoms with Gasteiger partial charge in [-0.15, -0.1) is 0 Å². The van der Waals surface area contributed by atoms with E-state index in [0.717, 1.165) is 19.5 Å². The van der Waals surface area contributed by atoms with Gasteiger partial charge in [0.15, 0.2) is 0 Å². The van der Waals surface area contributed by atoms with Gasteiger partial charge in [0.25, 0.3) is 0 Å². The Morgan fingerprint density at radius 2 is 2.25 bits per heavy atom. The average Bonchev–Trinajstić information content (AvgIpc) is 2.59. The molecule has 0 bridgehead atoms. The summed E-state index contributed by atoms with van der Waals surface area (Å²) in [5.41, 5.74) is -0.126. The molecule has 0 spiro atoms. The summed E-state index contributed by atoms with van der Waals surface area (Å²) in [5, 5.41) is 6.21. The Labute approximate surface area is 97.1 Å². The molecular formula is C12H22N2O2. The highest BCUT2D eigenvalue weighted by atomic mass is 16.5. The van der Waals surface area contributed by atoms with Crippen molar-refractivity contribution in [2.75, 3.05) is 19.7 Å². The van der Waals surface area contributed by atoms with Gasteiger partial charge in [0.1, 0.15) is 6.61 Å². The van der Waals surface area contributed by atoms with Crippen LogP contribution in [-0.4, -0.2) is 37.2 Å². The fraction of sp³-hybridized carbons (Fsp3) is 0.917. The Balaban J connectivity index is 1.68. The molecule has 16 heavy (non-hydrogen) atoms. The molecule has 1 saturated carbocycles. The van der Waals surface area contributed by atoms with Crippen molar-refractivity contribution < 1.29 is 9.53 Å². The normalized spacial score (nSPS) is 32.1. The van der Waals surface area contributed by atoms with Crippen molar-refractivity contribution in [3.63, 3.8) is 0 Å². The summed E-state index contributed by atoms with van der Waals surface area (Å²) in [4.78, 5) is 11.7. The van der Waals surface area contributed by atoms with E-state index >= 15 is 0 Å². The molecule has 2 fully saturated rings. The van der Waals surface area contributed by atoms with Crippen LogP contribution in [0.2, 0.25) is 0 Å². The van der Waals surface area contributed by atoms with Gasteiger partial charge in [0.05, 0.1) is 5.60 Å². The van der Waals surface area contributed by atoms with Gasteiger partial charge in [0.2, 0.25) is 5.91 Å². The van der Waals surface area contributed by atoms with Crippen LogP contribution in [0.1, 0.15) is 33.1 Å². The van der Waals surface area contributed by atoms with Crippen LogP contribution in [0, 0.1) is 5.92 Å². The zero-order chi connectivity index (χ0) is 11.6. The van der Waals surface area contributed by atoms with Crippen molar-refractivity contribution in [1.29, 1.82) is 0 Å². The van der Waals surface area contributed by atoms with E-state index in [1.165, 1.54) is 12.8 Å². The van der Waals surface area contributed by atoms with Crippen molar-refractivity contribution in [3.05, 3.63) is 0 Å². The summed E-state index contributed by atoms with van der Waals surface area (Å²) in [5.74, 6) is 0.650. The van der Waals surface area contributed by atoms with Gasteiger partial charge in [0, 0.05) is 19.1 Å². The highest BCUT2D eigenvalue weighted by Gasteiger charge is 2.33. The number of hydrogen-bond acceptors (Lipinski definition) is 3. The second-order valence-corrected chi connectivity index (χ2v) is 5.42.